The number of nitrogens with one attached hydrogen (secondary N) is 1. The summed E-state index contributed by atoms with van der Waals surface area (Å²) in [7, 11) is 0. The van der Waals surface area contributed by atoms with Crippen molar-refractivity contribution in [3.8, 4) is 11.5 Å². The summed E-state index contributed by atoms with van der Waals surface area (Å²) < 4.78 is 11.1. The number of amides is 3. The number of pyridine rings is 1. The number of carbonyl (C=O) groups is 2. The van der Waals surface area contributed by atoms with Gasteiger partial charge in [0, 0.05) is 31.0 Å². The zero-order chi connectivity index (χ0) is 17.9. The number of carbonyl (C=O) groups excluding carboxylic acids is 2. The Labute approximate surface area is 150 Å². The number of benzene rings is 1. The molecule has 8 nitrogen and oxygen atoms in total. The Bertz CT molecular complexity index is 827. The van der Waals surface area contributed by atoms with Crippen molar-refractivity contribution in [1.29, 1.82) is 0 Å². The highest BCUT2D eigenvalue weighted by atomic mass is 16.6. The molecule has 2 aromatic rings. The van der Waals surface area contributed by atoms with E-state index in [0.29, 0.717) is 43.6 Å². The molecule has 0 spiro atoms. The predicted octanol–water partition coefficient (Wildman–Crippen LogP) is 1.73. The lowest BCUT2D eigenvalue weighted by atomic mass is 10.2. The van der Waals surface area contributed by atoms with Crippen LogP contribution in [0.25, 0.3) is 0 Å². The molecule has 1 aromatic heterocycles. The van der Waals surface area contributed by atoms with Crippen LogP contribution < -0.4 is 19.7 Å². The Hall–Kier alpha value is -3.29. The highest BCUT2D eigenvalue weighted by molar-refractivity contribution is 5.99. The van der Waals surface area contributed by atoms with Crippen LogP contribution in [0.4, 0.5) is 16.3 Å². The molecule has 0 atom stereocenters. The molecular formula is C18H18N4O4. The number of urea groups is 1. The number of ether oxygens (including phenoxy) is 2. The molecule has 134 valence electrons. The largest absolute Gasteiger partial charge is 0.486 e. The summed E-state index contributed by atoms with van der Waals surface area (Å²) in [5, 5.41) is 2.69. The van der Waals surface area contributed by atoms with Crippen LogP contribution in [0.2, 0.25) is 0 Å². The first-order valence-corrected chi connectivity index (χ1v) is 8.38. The number of aromatic nitrogens is 1. The van der Waals surface area contributed by atoms with Crippen molar-refractivity contribution in [1.82, 2.24) is 9.88 Å². The van der Waals surface area contributed by atoms with Crippen molar-refractivity contribution < 1.29 is 19.1 Å². The second-order valence-electron chi connectivity index (χ2n) is 5.95. The zero-order valence-electron chi connectivity index (χ0n) is 14.1. The van der Waals surface area contributed by atoms with Gasteiger partial charge in [0.1, 0.15) is 25.6 Å². The molecule has 1 aromatic carbocycles. The lowest BCUT2D eigenvalue weighted by Crippen LogP contribution is -2.37. The molecule has 2 aliphatic heterocycles. The van der Waals surface area contributed by atoms with Gasteiger partial charge in [-0.25, -0.2) is 9.78 Å². The van der Waals surface area contributed by atoms with Crippen molar-refractivity contribution in [3.63, 3.8) is 0 Å². The van der Waals surface area contributed by atoms with E-state index < -0.39 is 0 Å². The fourth-order valence-corrected chi connectivity index (χ4v) is 2.96. The molecule has 1 N–H and O–H groups in total. The Morgan fingerprint density at radius 3 is 2.77 bits per heavy atom. The van der Waals surface area contributed by atoms with E-state index in [1.54, 1.807) is 41.4 Å². The van der Waals surface area contributed by atoms with Gasteiger partial charge in [0.25, 0.3) is 0 Å². The van der Waals surface area contributed by atoms with Crippen LogP contribution in [-0.4, -0.2) is 54.7 Å². The first-order valence-electron chi connectivity index (χ1n) is 8.38. The van der Waals surface area contributed by atoms with Gasteiger partial charge in [0.2, 0.25) is 5.91 Å². The number of fused-ring (bicyclic) bond motifs is 1. The van der Waals surface area contributed by atoms with Crippen molar-refractivity contribution in [3.05, 3.63) is 42.6 Å². The minimum Gasteiger partial charge on any atom is -0.486 e. The molecule has 0 radical (unpaired) electrons. The van der Waals surface area contributed by atoms with Gasteiger partial charge in [-0.15, -0.1) is 0 Å². The smallest absolute Gasteiger partial charge is 0.325 e. The van der Waals surface area contributed by atoms with E-state index in [0.717, 1.165) is 5.69 Å². The monoisotopic (exact) mass is 354 g/mol. The van der Waals surface area contributed by atoms with E-state index in [9.17, 15) is 9.59 Å². The number of rotatable bonds is 4. The number of hydrogen-bond acceptors (Lipinski definition) is 5. The minimum absolute atomic E-state index is 0.0174. The van der Waals surface area contributed by atoms with E-state index in [2.05, 4.69) is 10.3 Å². The van der Waals surface area contributed by atoms with Crippen molar-refractivity contribution in [2.45, 2.75) is 0 Å². The molecule has 3 heterocycles. The van der Waals surface area contributed by atoms with Gasteiger partial charge in [-0.05, 0) is 24.3 Å². The van der Waals surface area contributed by atoms with E-state index in [-0.39, 0.29) is 18.5 Å². The van der Waals surface area contributed by atoms with Gasteiger partial charge in [-0.2, -0.15) is 0 Å². The first-order chi connectivity index (χ1) is 12.7. The van der Waals surface area contributed by atoms with E-state index >= 15 is 0 Å². The second kappa shape index (κ2) is 6.91. The minimum atomic E-state index is -0.277. The molecule has 26 heavy (non-hydrogen) atoms. The summed E-state index contributed by atoms with van der Waals surface area (Å²) in [6, 6.07) is 10.5. The van der Waals surface area contributed by atoms with Crippen LogP contribution in [0.1, 0.15) is 0 Å². The van der Waals surface area contributed by atoms with Gasteiger partial charge in [0.05, 0.1) is 0 Å². The normalized spacial score (nSPS) is 15.9. The topological polar surface area (TPSA) is 84.0 Å². The van der Waals surface area contributed by atoms with E-state index in [1.165, 1.54) is 4.90 Å². The number of nitrogens with zero attached hydrogens (tertiary/aromatic N) is 3. The maximum absolute atomic E-state index is 12.6. The second-order valence-corrected chi connectivity index (χ2v) is 5.95. The summed E-state index contributed by atoms with van der Waals surface area (Å²) in [5.74, 6) is 1.50. The molecule has 0 aliphatic carbocycles. The van der Waals surface area contributed by atoms with E-state index in [1.807, 2.05) is 6.07 Å². The van der Waals surface area contributed by atoms with Crippen LogP contribution in [-0.2, 0) is 4.79 Å². The van der Waals surface area contributed by atoms with Crippen molar-refractivity contribution >= 4 is 23.4 Å². The van der Waals surface area contributed by atoms with Gasteiger partial charge >= 0.3 is 6.03 Å². The lowest BCUT2D eigenvalue weighted by Gasteiger charge is -2.22. The standard InChI is InChI=1S/C18H18N4O4/c23-17(20-16-3-1-2-6-19-16)12-21-7-8-22(18(21)24)13-4-5-14-15(11-13)26-10-9-25-14/h1-6,11H,7-10,12H2,(H,19,20,23). The highest BCUT2D eigenvalue weighted by Gasteiger charge is 2.31. The van der Waals surface area contributed by atoms with Crippen LogP contribution in [0, 0.1) is 0 Å². The maximum atomic E-state index is 12.6. The summed E-state index contributed by atoms with van der Waals surface area (Å²) in [4.78, 5) is 32.0. The molecule has 0 unspecified atom stereocenters. The van der Waals surface area contributed by atoms with Gasteiger partial charge in [0.15, 0.2) is 11.5 Å². The quantitative estimate of drug-likeness (QED) is 0.904. The fourth-order valence-electron chi connectivity index (χ4n) is 2.96. The van der Waals surface area contributed by atoms with Gasteiger partial charge in [-0.1, -0.05) is 6.07 Å². The van der Waals surface area contributed by atoms with Gasteiger partial charge < -0.3 is 19.7 Å². The Balaban J connectivity index is 1.41. The van der Waals surface area contributed by atoms with Crippen LogP contribution in [0.5, 0.6) is 11.5 Å². The molecule has 2 aliphatic rings. The van der Waals surface area contributed by atoms with Crippen LogP contribution in [0.3, 0.4) is 0 Å². The Morgan fingerprint density at radius 2 is 1.96 bits per heavy atom. The number of hydrogen-bond donors (Lipinski definition) is 1. The molecule has 4 rings (SSSR count). The average Bonchev–Trinajstić information content (AvgIpc) is 3.02. The molecular weight excluding hydrogens is 336 g/mol. The molecule has 1 saturated heterocycles. The lowest BCUT2D eigenvalue weighted by molar-refractivity contribution is -0.116. The maximum Gasteiger partial charge on any atom is 0.325 e. The van der Waals surface area contributed by atoms with Crippen LogP contribution >= 0.6 is 0 Å². The summed E-state index contributed by atoms with van der Waals surface area (Å²) in [6.45, 7) is 1.98. The SMILES string of the molecule is O=C(CN1CCN(c2ccc3c(c2)OCCO3)C1=O)Nc1ccccn1. The molecule has 1 fully saturated rings. The Morgan fingerprint density at radius 1 is 1.12 bits per heavy atom. The average molecular weight is 354 g/mol. The van der Waals surface area contributed by atoms with Crippen molar-refractivity contribution in [2.24, 2.45) is 0 Å². The summed E-state index contributed by atoms with van der Waals surface area (Å²) >= 11 is 0. The molecule has 3 amide bonds. The van der Waals surface area contributed by atoms with E-state index in [4.69, 9.17) is 9.47 Å². The predicted molar refractivity (Wildman–Crippen MR) is 94.6 cm³/mol. The number of anilines is 2. The third-order valence-corrected chi connectivity index (χ3v) is 4.20. The summed E-state index contributed by atoms with van der Waals surface area (Å²) in [6.07, 6.45) is 1.60. The molecule has 0 bridgehead atoms. The van der Waals surface area contributed by atoms with Crippen LogP contribution in [0.15, 0.2) is 42.6 Å². The first kappa shape index (κ1) is 16.2. The highest BCUT2D eigenvalue weighted by Crippen LogP contribution is 2.34. The third kappa shape index (κ3) is 3.26. The Kier molecular flexibility index (Phi) is 4.30. The molecule has 8 heteroatoms. The zero-order valence-corrected chi connectivity index (χ0v) is 14.1. The van der Waals surface area contributed by atoms with Crippen molar-refractivity contribution in [2.75, 3.05) is 43.1 Å². The van der Waals surface area contributed by atoms with Gasteiger partial charge in [-0.3, -0.25) is 9.69 Å². The molecule has 0 saturated carbocycles. The fraction of sp³-hybridized carbons (Fsp3) is 0.278. The summed E-state index contributed by atoms with van der Waals surface area (Å²) in [5.41, 5.74) is 0.729. The third-order valence-electron chi connectivity index (χ3n) is 4.20.